The molecule has 27 heavy (non-hydrogen) atoms. The summed E-state index contributed by atoms with van der Waals surface area (Å²) in [7, 11) is 0. The molecule has 4 rings (SSSR count). The summed E-state index contributed by atoms with van der Waals surface area (Å²) in [6.07, 6.45) is 0.866. The van der Waals surface area contributed by atoms with Crippen molar-refractivity contribution in [3.8, 4) is 23.0 Å². The van der Waals surface area contributed by atoms with Gasteiger partial charge in [-0.25, -0.2) is 0 Å². The Bertz CT molecular complexity index is 958. The topological polar surface area (TPSA) is 101 Å². The highest BCUT2D eigenvalue weighted by Gasteiger charge is 2.13. The van der Waals surface area contributed by atoms with Gasteiger partial charge in [0.15, 0.2) is 11.5 Å². The van der Waals surface area contributed by atoms with Gasteiger partial charge in [-0.05, 0) is 30.3 Å². The largest absolute Gasteiger partial charge is 0.490 e. The van der Waals surface area contributed by atoms with Crippen LogP contribution in [0.5, 0.6) is 11.5 Å². The first kappa shape index (κ1) is 17.3. The van der Waals surface area contributed by atoms with E-state index in [0.717, 1.165) is 22.8 Å². The van der Waals surface area contributed by atoms with Crippen molar-refractivity contribution in [3.05, 3.63) is 58.5 Å². The lowest BCUT2D eigenvalue weighted by molar-refractivity contribution is -0.384. The van der Waals surface area contributed by atoms with Crippen molar-refractivity contribution in [2.75, 3.05) is 13.2 Å². The van der Waals surface area contributed by atoms with E-state index >= 15 is 0 Å². The van der Waals surface area contributed by atoms with Crippen molar-refractivity contribution in [1.82, 2.24) is 10.2 Å². The Morgan fingerprint density at radius 1 is 1.04 bits per heavy atom. The van der Waals surface area contributed by atoms with Gasteiger partial charge in [0.2, 0.25) is 11.8 Å². The summed E-state index contributed by atoms with van der Waals surface area (Å²) < 4.78 is 17.0. The summed E-state index contributed by atoms with van der Waals surface area (Å²) in [5, 5.41) is 18.8. The third-order valence-corrected chi connectivity index (χ3v) is 4.85. The maximum Gasteiger partial charge on any atom is 0.269 e. The van der Waals surface area contributed by atoms with Crippen LogP contribution in [0.3, 0.4) is 0 Å². The van der Waals surface area contributed by atoms with Crippen molar-refractivity contribution in [1.29, 1.82) is 0 Å². The van der Waals surface area contributed by atoms with E-state index in [1.807, 2.05) is 18.2 Å². The van der Waals surface area contributed by atoms with Crippen molar-refractivity contribution >= 4 is 17.4 Å². The number of non-ortho nitro benzene ring substituents is 1. The maximum absolute atomic E-state index is 10.7. The summed E-state index contributed by atoms with van der Waals surface area (Å²) in [4.78, 5) is 11.3. The fourth-order valence-corrected chi connectivity index (χ4v) is 3.29. The van der Waals surface area contributed by atoms with Crippen LogP contribution in [-0.4, -0.2) is 28.3 Å². The zero-order chi connectivity index (χ0) is 18.6. The number of aromatic nitrogens is 2. The number of rotatable bonds is 5. The van der Waals surface area contributed by atoms with Gasteiger partial charge < -0.3 is 13.9 Å². The van der Waals surface area contributed by atoms with E-state index in [2.05, 4.69) is 10.2 Å². The molecule has 8 nitrogen and oxygen atoms in total. The quantitative estimate of drug-likeness (QED) is 0.368. The van der Waals surface area contributed by atoms with E-state index in [1.54, 1.807) is 23.9 Å². The highest BCUT2D eigenvalue weighted by Crippen LogP contribution is 2.35. The second-order valence-corrected chi connectivity index (χ2v) is 6.80. The van der Waals surface area contributed by atoms with Crippen LogP contribution < -0.4 is 9.47 Å². The minimum atomic E-state index is -0.449. The summed E-state index contributed by atoms with van der Waals surface area (Å²) in [5.74, 6) is 2.81. The van der Waals surface area contributed by atoms with Crippen LogP contribution in [0.4, 0.5) is 5.69 Å². The summed E-state index contributed by atoms with van der Waals surface area (Å²) in [6.45, 7) is 1.30. The molecule has 1 aromatic heterocycles. The second-order valence-electron chi connectivity index (χ2n) is 5.75. The van der Waals surface area contributed by atoms with Crippen molar-refractivity contribution in [2.24, 2.45) is 0 Å². The van der Waals surface area contributed by atoms with Gasteiger partial charge in [0, 0.05) is 29.0 Å². The van der Waals surface area contributed by atoms with E-state index in [1.165, 1.54) is 12.1 Å². The molecule has 0 bridgehead atoms. The second kappa shape index (κ2) is 7.67. The molecule has 0 spiro atoms. The van der Waals surface area contributed by atoms with Gasteiger partial charge in [-0.1, -0.05) is 0 Å². The Kier molecular flexibility index (Phi) is 4.93. The van der Waals surface area contributed by atoms with Gasteiger partial charge in [0.05, 0.1) is 23.9 Å². The third-order valence-electron chi connectivity index (χ3n) is 3.87. The molecule has 0 aliphatic carbocycles. The van der Waals surface area contributed by atoms with Crippen molar-refractivity contribution in [3.63, 3.8) is 0 Å². The smallest absolute Gasteiger partial charge is 0.269 e. The molecule has 0 atom stereocenters. The molecular weight excluding hydrogens is 370 g/mol. The van der Waals surface area contributed by atoms with E-state index in [4.69, 9.17) is 13.9 Å². The molecule has 0 radical (unpaired) electrons. The van der Waals surface area contributed by atoms with Gasteiger partial charge >= 0.3 is 0 Å². The Balaban J connectivity index is 1.42. The van der Waals surface area contributed by atoms with Crippen LogP contribution in [-0.2, 0) is 5.75 Å². The lowest BCUT2D eigenvalue weighted by Gasteiger charge is -2.08. The zero-order valence-corrected chi connectivity index (χ0v) is 15.0. The summed E-state index contributed by atoms with van der Waals surface area (Å²) in [6, 6.07) is 11.8. The standard InChI is InChI=1S/C18H15N3O5S/c22-21(23)13-4-2-12(3-5-13)18-20-19-17(26-18)11-27-14-6-7-15-16(10-14)25-9-1-8-24-15/h2-7,10H,1,8-9,11H2. The van der Waals surface area contributed by atoms with Crippen LogP contribution >= 0.6 is 11.8 Å². The predicted molar refractivity (Wildman–Crippen MR) is 98.0 cm³/mol. The Morgan fingerprint density at radius 2 is 1.81 bits per heavy atom. The molecule has 3 aromatic rings. The average molecular weight is 385 g/mol. The van der Waals surface area contributed by atoms with Gasteiger partial charge in [0.1, 0.15) is 0 Å². The number of nitro groups is 1. The minimum absolute atomic E-state index is 0.0171. The van der Waals surface area contributed by atoms with E-state index < -0.39 is 4.92 Å². The molecule has 2 aromatic carbocycles. The lowest BCUT2D eigenvalue weighted by atomic mass is 10.2. The van der Waals surface area contributed by atoms with E-state index in [0.29, 0.717) is 36.3 Å². The number of nitro benzene ring substituents is 1. The number of benzene rings is 2. The number of fused-ring (bicyclic) bond motifs is 1. The maximum atomic E-state index is 10.7. The van der Waals surface area contributed by atoms with Crippen LogP contribution in [0.1, 0.15) is 12.3 Å². The van der Waals surface area contributed by atoms with Gasteiger partial charge in [-0.3, -0.25) is 10.1 Å². The molecule has 0 fully saturated rings. The third kappa shape index (κ3) is 4.03. The summed E-state index contributed by atoms with van der Waals surface area (Å²) in [5.41, 5.74) is 0.656. The first-order valence-corrected chi connectivity index (χ1v) is 9.27. The van der Waals surface area contributed by atoms with Gasteiger partial charge in [0.25, 0.3) is 5.69 Å². The molecule has 0 saturated carbocycles. The van der Waals surface area contributed by atoms with E-state index in [-0.39, 0.29) is 5.69 Å². The predicted octanol–water partition coefficient (Wildman–Crippen LogP) is 4.10. The van der Waals surface area contributed by atoms with E-state index in [9.17, 15) is 10.1 Å². The number of nitrogens with zero attached hydrogens (tertiary/aromatic N) is 3. The molecule has 1 aliphatic heterocycles. The Hall–Kier alpha value is -3.07. The monoisotopic (exact) mass is 385 g/mol. The van der Waals surface area contributed by atoms with Gasteiger partial charge in [-0.2, -0.15) is 0 Å². The molecule has 9 heteroatoms. The molecule has 2 heterocycles. The van der Waals surface area contributed by atoms with Crippen molar-refractivity contribution in [2.45, 2.75) is 17.1 Å². The normalized spacial score (nSPS) is 13.2. The highest BCUT2D eigenvalue weighted by atomic mass is 32.2. The zero-order valence-electron chi connectivity index (χ0n) is 14.2. The Morgan fingerprint density at radius 3 is 2.59 bits per heavy atom. The molecule has 0 amide bonds. The first-order chi connectivity index (χ1) is 13.2. The minimum Gasteiger partial charge on any atom is -0.490 e. The fraction of sp³-hybridized carbons (Fsp3) is 0.222. The first-order valence-electron chi connectivity index (χ1n) is 8.29. The lowest BCUT2D eigenvalue weighted by Crippen LogP contribution is -1.97. The van der Waals surface area contributed by atoms with Crippen LogP contribution in [0, 0.1) is 10.1 Å². The highest BCUT2D eigenvalue weighted by molar-refractivity contribution is 7.98. The number of hydrogen-bond donors (Lipinski definition) is 0. The van der Waals surface area contributed by atoms with Crippen LogP contribution in [0.15, 0.2) is 51.8 Å². The fourth-order valence-electron chi connectivity index (χ4n) is 2.53. The molecular formula is C18H15N3O5S. The SMILES string of the molecule is O=[N+]([O-])c1ccc(-c2nnc(CSc3ccc4c(c3)OCCCO4)o2)cc1. The molecule has 0 unspecified atom stereocenters. The van der Waals surface area contributed by atoms with Gasteiger partial charge in [-0.15, -0.1) is 22.0 Å². The molecule has 0 N–H and O–H groups in total. The number of ether oxygens (including phenoxy) is 2. The number of thioether (sulfide) groups is 1. The average Bonchev–Trinajstić information content (AvgIpc) is 3.04. The summed E-state index contributed by atoms with van der Waals surface area (Å²) >= 11 is 1.55. The number of hydrogen-bond acceptors (Lipinski definition) is 8. The molecule has 1 aliphatic rings. The Labute approximate surface area is 158 Å². The van der Waals surface area contributed by atoms with Crippen LogP contribution in [0.25, 0.3) is 11.5 Å². The van der Waals surface area contributed by atoms with Crippen LogP contribution in [0.2, 0.25) is 0 Å². The molecule has 0 saturated heterocycles. The molecule has 138 valence electrons. The van der Waals surface area contributed by atoms with Crippen molar-refractivity contribution < 1.29 is 18.8 Å².